The Morgan fingerprint density at radius 3 is 2.43 bits per heavy atom. The van der Waals surface area contributed by atoms with E-state index in [0.717, 1.165) is 61.6 Å². The number of benzene rings is 2. The van der Waals surface area contributed by atoms with Crippen molar-refractivity contribution in [2.45, 2.75) is 45.3 Å². The van der Waals surface area contributed by atoms with Gasteiger partial charge in [0.1, 0.15) is 19.2 Å². The molecule has 2 aliphatic rings. The Balaban J connectivity index is 1.40. The summed E-state index contributed by atoms with van der Waals surface area (Å²) in [5.41, 5.74) is 3.12. The topological polar surface area (TPSA) is 74.6 Å². The highest BCUT2D eigenvalue weighted by Crippen LogP contribution is 2.34. The van der Waals surface area contributed by atoms with Crippen molar-refractivity contribution in [1.29, 1.82) is 0 Å². The number of hydrogen-bond donors (Lipinski definition) is 0. The van der Waals surface area contributed by atoms with Crippen LogP contribution < -0.4 is 4.90 Å². The van der Waals surface area contributed by atoms with Gasteiger partial charge in [-0.2, -0.15) is 5.10 Å². The second-order valence-corrected chi connectivity index (χ2v) is 10.3. The smallest absolute Gasteiger partial charge is 0.244 e. The Morgan fingerprint density at radius 2 is 1.70 bits per heavy atom. The maximum absolute atomic E-state index is 13.4. The first-order valence-corrected chi connectivity index (χ1v) is 13.4. The molecule has 0 N–H and O–H groups in total. The van der Waals surface area contributed by atoms with E-state index in [2.05, 4.69) is 27.1 Å². The van der Waals surface area contributed by atoms with Crippen molar-refractivity contribution in [1.82, 2.24) is 24.6 Å². The molecule has 1 aliphatic carbocycles. The van der Waals surface area contributed by atoms with Crippen molar-refractivity contribution < 1.29 is 9.59 Å². The largest absolute Gasteiger partial charge is 0.337 e. The summed E-state index contributed by atoms with van der Waals surface area (Å²) in [6, 6.07) is 16.0. The highest BCUT2D eigenvalue weighted by Gasteiger charge is 2.35. The molecule has 0 bridgehead atoms. The van der Waals surface area contributed by atoms with Crippen LogP contribution in [0.15, 0.2) is 61.2 Å². The van der Waals surface area contributed by atoms with Crippen LogP contribution in [-0.2, 0) is 29.2 Å². The average Bonchev–Trinajstić information content (AvgIpc) is 3.63. The average molecular weight is 521 g/mol. The number of carbonyl (C=O) groups is 2. The molecular weight excluding hydrogens is 488 g/mol. The molecule has 8 nitrogen and oxygen atoms in total. The van der Waals surface area contributed by atoms with E-state index in [1.165, 1.54) is 11.9 Å². The third-order valence-electron chi connectivity index (χ3n) is 7.03. The fraction of sp³-hybridized carbons (Fsp3) is 0.429. The van der Waals surface area contributed by atoms with Crippen molar-refractivity contribution in [3.63, 3.8) is 0 Å². The van der Waals surface area contributed by atoms with E-state index in [-0.39, 0.29) is 24.3 Å². The fourth-order valence-electron chi connectivity index (χ4n) is 4.91. The molecule has 0 unspecified atom stereocenters. The number of aromatic nitrogens is 3. The van der Waals surface area contributed by atoms with Crippen molar-refractivity contribution >= 4 is 29.1 Å². The molecule has 2 heterocycles. The van der Waals surface area contributed by atoms with Crippen LogP contribution in [0.1, 0.15) is 36.8 Å². The molecule has 0 saturated heterocycles. The number of amides is 2. The van der Waals surface area contributed by atoms with Crippen molar-refractivity contribution in [3.05, 3.63) is 77.3 Å². The maximum Gasteiger partial charge on any atom is 0.244 e. The fourth-order valence-corrected chi connectivity index (χ4v) is 5.04. The Hall–Kier alpha value is -3.23. The van der Waals surface area contributed by atoms with Crippen LogP contribution in [0.3, 0.4) is 0 Å². The van der Waals surface area contributed by atoms with Crippen LogP contribution >= 0.6 is 11.6 Å². The molecule has 194 valence electrons. The quantitative estimate of drug-likeness (QED) is 0.508. The highest BCUT2D eigenvalue weighted by atomic mass is 35.5. The van der Waals surface area contributed by atoms with Crippen LogP contribution in [0.2, 0.25) is 5.02 Å². The lowest BCUT2D eigenvalue weighted by Crippen LogP contribution is -2.40. The number of rotatable bonds is 5. The van der Waals surface area contributed by atoms with Gasteiger partial charge in [0, 0.05) is 55.9 Å². The minimum absolute atomic E-state index is 0.0123. The zero-order valence-corrected chi connectivity index (χ0v) is 21.8. The number of para-hydroxylation sites is 1. The van der Waals surface area contributed by atoms with Gasteiger partial charge in [-0.15, -0.1) is 0 Å². The summed E-state index contributed by atoms with van der Waals surface area (Å²) in [6.07, 6.45) is 6.66. The summed E-state index contributed by atoms with van der Waals surface area (Å²) in [6.45, 7) is 4.40. The second-order valence-electron chi connectivity index (χ2n) is 9.91. The Labute approximate surface area is 222 Å². The Kier molecular flexibility index (Phi) is 8.16. The molecule has 1 fully saturated rings. The first-order valence-electron chi connectivity index (χ1n) is 13.0. The number of anilines is 1. The predicted molar refractivity (Wildman–Crippen MR) is 143 cm³/mol. The van der Waals surface area contributed by atoms with Gasteiger partial charge >= 0.3 is 0 Å². The van der Waals surface area contributed by atoms with E-state index in [1.54, 1.807) is 11.0 Å². The molecule has 1 aromatic heterocycles. The number of fused-ring (bicyclic) bond motifs is 1. The van der Waals surface area contributed by atoms with E-state index in [0.29, 0.717) is 19.6 Å². The molecule has 9 heteroatoms. The molecule has 0 spiro atoms. The number of hydrogen-bond acceptors (Lipinski definition) is 5. The van der Waals surface area contributed by atoms with E-state index < -0.39 is 0 Å². The van der Waals surface area contributed by atoms with Crippen LogP contribution in [0.4, 0.5) is 5.69 Å². The van der Waals surface area contributed by atoms with Crippen molar-refractivity contribution in [3.8, 4) is 0 Å². The zero-order valence-electron chi connectivity index (χ0n) is 21.0. The van der Waals surface area contributed by atoms with Gasteiger partial charge in [-0.25, -0.2) is 9.67 Å². The molecule has 2 aromatic carbocycles. The number of carbonyl (C=O) groups excluding carboxylic acids is 2. The third-order valence-corrected chi connectivity index (χ3v) is 7.28. The summed E-state index contributed by atoms with van der Waals surface area (Å²) in [5, 5.41) is 4.84. The summed E-state index contributed by atoms with van der Waals surface area (Å²) >= 11 is 6.09. The SMILES string of the molecule is O=C(Cn1cncn1)N1CCCN(Cc2ccc(Cl)cc2)CCCN(C(=O)C2CC2)c2ccccc2C1. The molecule has 2 amide bonds. The van der Waals surface area contributed by atoms with Crippen LogP contribution in [-0.4, -0.2) is 62.6 Å². The summed E-state index contributed by atoms with van der Waals surface area (Å²) in [7, 11) is 0. The molecule has 1 saturated carbocycles. The normalized spacial score (nSPS) is 17.5. The van der Waals surface area contributed by atoms with Gasteiger partial charge in [0.15, 0.2) is 0 Å². The van der Waals surface area contributed by atoms with Crippen LogP contribution in [0.5, 0.6) is 0 Å². The van der Waals surface area contributed by atoms with Crippen molar-refractivity contribution in [2.75, 3.05) is 31.1 Å². The molecule has 0 atom stereocenters. The first kappa shape index (κ1) is 25.4. The summed E-state index contributed by atoms with van der Waals surface area (Å²) in [5.74, 6) is 0.312. The monoisotopic (exact) mass is 520 g/mol. The summed E-state index contributed by atoms with van der Waals surface area (Å²) in [4.78, 5) is 37.0. The lowest BCUT2D eigenvalue weighted by Gasteiger charge is -2.32. The van der Waals surface area contributed by atoms with Crippen LogP contribution in [0, 0.1) is 5.92 Å². The molecule has 0 radical (unpaired) electrons. The minimum Gasteiger partial charge on any atom is -0.337 e. The number of nitrogens with zero attached hydrogens (tertiary/aromatic N) is 6. The predicted octanol–water partition coefficient (Wildman–Crippen LogP) is 4.00. The number of halogens is 1. The second kappa shape index (κ2) is 11.9. The maximum atomic E-state index is 13.4. The van der Waals surface area contributed by atoms with E-state index in [1.807, 2.05) is 46.2 Å². The lowest BCUT2D eigenvalue weighted by molar-refractivity contribution is -0.132. The Bertz CT molecular complexity index is 1200. The Morgan fingerprint density at radius 1 is 0.946 bits per heavy atom. The molecular formula is C28H33ClN6O2. The van der Waals surface area contributed by atoms with E-state index >= 15 is 0 Å². The lowest BCUT2D eigenvalue weighted by atomic mass is 10.1. The van der Waals surface area contributed by atoms with Gasteiger partial charge in [0.05, 0.1) is 0 Å². The minimum atomic E-state index is -0.0123. The molecule has 5 rings (SSSR count). The van der Waals surface area contributed by atoms with Gasteiger partial charge in [-0.3, -0.25) is 14.5 Å². The zero-order chi connectivity index (χ0) is 25.6. The van der Waals surface area contributed by atoms with E-state index in [9.17, 15) is 9.59 Å². The third kappa shape index (κ3) is 6.76. The molecule has 3 aromatic rings. The van der Waals surface area contributed by atoms with Crippen LogP contribution in [0.25, 0.3) is 0 Å². The van der Waals surface area contributed by atoms with Crippen molar-refractivity contribution in [2.24, 2.45) is 5.92 Å². The summed E-state index contributed by atoms with van der Waals surface area (Å²) < 4.78 is 1.56. The van der Waals surface area contributed by atoms with Gasteiger partial charge < -0.3 is 9.80 Å². The highest BCUT2D eigenvalue weighted by molar-refractivity contribution is 6.30. The molecule has 1 aliphatic heterocycles. The van der Waals surface area contributed by atoms with Gasteiger partial charge in [-0.05, 0) is 55.0 Å². The standard InChI is InChI=1S/C28H33ClN6O2/c29-25-11-7-22(8-12-25)17-32-13-3-15-33(27(36)19-34-21-30-20-31-34)18-24-5-1-2-6-26(24)35(16-4-14-32)28(37)23-9-10-23/h1-2,5-8,11-12,20-21,23H,3-4,9-10,13-19H2. The van der Waals surface area contributed by atoms with Gasteiger partial charge in [0.25, 0.3) is 0 Å². The van der Waals surface area contributed by atoms with Gasteiger partial charge in [-0.1, -0.05) is 41.9 Å². The van der Waals surface area contributed by atoms with E-state index in [4.69, 9.17) is 11.6 Å². The van der Waals surface area contributed by atoms with Gasteiger partial charge in [0.2, 0.25) is 11.8 Å². The first-order chi connectivity index (χ1) is 18.1. The molecule has 37 heavy (non-hydrogen) atoms.